The van der Waals surface area contributed by atoms with Gasteiger partial charge in [0.2, 0.25) is 0 Å². The number of nitriles is 1. The highest BCUT2D eigenvalue weighted by atomic mass is 14.7. The molecule has 0 aliphatic rings. The van der Waals surface area contributed by atoms with E-state index in [-0.39, 0.29) is 0 Å². The van der Waals surface area contributed by atoms with Gasteiger partial charge < -0.3 is 4.98 Å². The van der Waals surface area contributed by atoms with Crippen molar-refractivity contribution in [1.29, 1.82) is 5.26 Å². The quantitative estimate of drug-likeness (QED) is 0.747. The molecule has 0 unspecified atom stereocenters. The van der Waals surface area contributed by atoms with Crippen LogP contribution >= 0.6 is 0 Å². The molecule has 2 rings (SSSR count). The molecule has 2 heteroatoms. The van der Waals surface area contributed by atoms with E-state index in [1.54, 1.807) is 0 Å². The van der Waals surface area contributed by atoms with Crippen molar-refractivity contribution < 1.29 is 0 Å². The van der Waals surface area contributed by atoms with E-state index in [0.717, 1.165) is 17.0 Å². The number of nitrogens with one attached hydrogen (secondary N) is 1. The molecule has 2 aromatic rings. The average molecular weight is 196 g/mol. The summed E-state index contributed by atoms with van der Waals surface area (Å²) in [4.78, 5) is 3.21. The SMILES string of the molecule is Cc1ccc(-c2[nH]c(C)cc2C#N)cc1. The lowest BCUT2D eigenvalue weighted by Gasteiger charge is -1.99. The van der Waals surface area contributed by atoms with Gasteiger partial charge in [-0.05, 0) is 25.5 Å². The van der Waals surface area contributed by atoms with E-state index in [2.05, 4.69) is 18.0 Å². The van der Waals surface area contributed by atoms with E-state index in [0.29, 0.717) is 5.56 Å². The Bertz CT molecular complexity index is 512. The maximum Gasteiger partial charge on any atom is 0.101 e. The molecule has 15 heavy (non-hydrogen) atoms. The molecule has 1 aromatic heterocycles. The van der Waals surface area contributed by atoms with Crippen LogP contribution in [0.4, 0.5) is 0 Å². The second-order valence-corrected chi connectivity index (χ2v) is 3.72. The van der Waals surface area contributed by atoms with E-state index in [4.69, 9.17) is 5.26 Å². The van der Waals surface area contributed by atoms with E-state index < -0.39 is 0 Å². The van der Waals surface area contributed by atoms with Gasteiger partial charge in [-0.1, -0.05) is 29.8 Å². The molecule has 0 bridgehead atoms. The smallest absolute Gasteiger partial charge is 0.101 e. The third kappa shape index (κ3) is 1.77. The zero-order chi connectivity index (χ0) is 10.8. The van der Waals surface area contributed by atoms with Crippen molar-refractivity contribution in [2.45, 2.75) is 13.8 Å². The van der Waals surface area contributed by atoms with E-state index >= 15 is 0 Å². The number of hydrogen-bond donors (Lipinski definition) is 1. The van der Waals surface area contributed by atoms with Crippen LogP contribution in [0.1, 0.15) is 16.8 Å². The van der Waals surface area contributed by atoms with Crippen LogP contribution in [0, 0.1) is 25.2 Å². The van der Waals surface area contributed by atoms with Crippen LogP contribution < -0.4 is 0 Å². The van der Waals surface area contributed by atoms with Crippen LogP contribution in [0.15, 0.2) is 30.3 Å². The zero-order valence-electron chi connectivity index (χ0n) is 8.83. The van der Waals surface area contributed by atoms with Crippen molar-refractivity contribution in [2.24, 2.45) is 0 Å². The first-order valence-electron chi connectivity index (χ1n) is 4.87. The summed E-state index contributed by atoms with van der Waals surface area (Å²) >= 11 is 0. The van der Waals surface area contributed by atoms with Gasteiger partial charge in [0.05, 0.1) is 11.3 Å². The van der Waals surface area contributed by atoms with Gasteiger partial charge in [-0.25, -0.2) is 0 Å². The molecule has 2 nitrogen and oxygen atoms in total. The summed E-state index contributed by atoms with van der Waals surface area (Å²) in [6, 6.07) is 12.2. The molecule has 0 saturated carbocycles. The van der Waals surface area contributed by atoms with Gasteiger partial charge in [-0.3, -0.25) is 0 Å². The minimum atomic E-state index is 0.705. The lowest BCUT2D eigenvalue weighted by molar-refractivity contribution is 1.26. The van der Waals surface area contributed by atoms with E-state index in [1.165, 1.54) is 5.56 Å². The number of aromatic amines is 1. The van der Waals surface area contributed by atoms with Crippen LogP contribution in [0.3, 0.4) is 0 Å². The first-order chi connectivity index (χ1) is 7.20. The number of aryl methyl sites for hydroxylation is 2. The number of H-pyrrole nitrogens is 1. The Morgan fingerprint density at radius 2 is 1.80 bits per heavy atom. The molecule has 0 spiro atoms. The molecule has 1 aromatic carbocycles. The number of rotatable bonds is 1. The number of aromatic nitrogens is 1. The Balaban J connectivity index is 2.54. The molecule has 0 radical (unpaired) electrons. The van der Waals surface area contributed by atoms with Crippen molar-refractivity contribution in [3.63, 3.8) is 0 Å². The predicted molar refractivity (Wildman–Crippen MR) is 60.4 cm³/mol. The van der Waals surface area contributed by atoms with Gasteiger partial charge in [0.15, 0.2) is 0 Å². The minimum Gasteiger partial charge on any atom is -0.358 e. The molecule has 1 N–H and O–H groups in total. The molecule has 0 aliphatic carbocycles. The average Bonchev–Trinajstić information content (AvgIpc) is 2.61. The number of benzene rings is 1. The highest BCUT2D eigenvalue weighted by molar-refractivity contribution is 5.67. The fourth-order valence-corrected chi connectivity index (χ4v) is 1.63. The number of hydrogen-bond acceptors (Lipinski definition) is 1. The maximum atomic E-state index is 8.98. The van der Waals surface area contributed by atoms with Gasteiger partial charge in [-0.2, -0.15) is 5.26 Å². The fourth-order valence-electron chi connectivity index (χ4n) is 1.63. The van der Waals surface area contributed by atoms with Gasteiger partial charge in [0.25, 0.3) is 0 Å². The Kier molecular flexibility index (Phi) is 2.31. The molecule has 74 valence electrons. The minimum absolute atomic E-state index is 0.705. The summed E-state index contributed by atoms with van der Waals surface area (Å²) in [7, 11) is 0. The van der Waals surface area contributed by atoms with E-state index in [1.807, 2.05) is 37.3 Å². The molecule has 1 heterocycles. The topological polar surface area (TPSA) is 39.6 Å². The first kappa shape index (κ1) is 9.54. The Morgan fingerprint density at radius 3 is 2.40 bits per heavy atom. The molecule has 0 saturated heterocycles. The van der Waals surface area contributed by atoms with Crippen LogP contribution in [0.5, 0.6) is 0 Å². The summed E-state index contributed by atoms with van der Waals surface area (Å²) in [5.41, 5.74) is 4.92. The second kappa shape index (κ2) is 3.62. The summed E-state index contributed by atoms with van der Waals surface area (Å²) in [6.45, 7) is 4.01. The Labute approximate surface area is 89.2 Å². The first-order valence-corrected chi connectivity index (χ1v) is 4.87. The highest BCUT2D eigenvalue weighted by Gasteiger charge is 2.07. The normalized spacial score (nSPS) is 9.93. The van der Waals surface area contributed by atoms with Crippen molar-refractivity contribution in [2.75, 3.05) is 0 Å². The van der Waals surface area contributed by atoms with Crippen molar-refractivity contribution >= 4 is 0 Å². The van der Waals surface area contributed by atoms with Gasteiger partial charge in [0.1, 0.15) is 6.07 Å². The van der Waals surface area contributed by atoms with Crippen LogP contribution in [0.2, 0.25) is 0 Å². The predicted octanol–water partition coefficient (Wildman–Crippen LogP) is 3.17. The third-order valence-electron chi connectivity index (χ3n) is 2.41. The molecular weight excluding hydrogens is 184 g/mol. The Morgan fingerprint density at radius 1 is 1.13 bits per heavy atom. The lowest BCUT2D eigenvalue weighted by Crippen LogP contribution is -1.81. The highest BCUT2D eigenvalue weighted by Crippen LogP contribution is 2.23. The molecule has 0 amide bonds. The summed E-state index contributed by atoms with van der Waals surface area (Å²) < 4.78 is 0. The molecule has 0 aliphatic heterocycles. The summed E-state index contributed by atoms with van der Waals surface area (Å²) in [5, 5.41) is 8.98. The van der Waals surface area contributed by atoms with E-state index in [9.17, 15) is 0 Å². The zero-order valence-corrected chi connectivity index (χ0v) is 8.83. The maximum absolute atomic E-state index is 8.98. The van der Waals surface area contributed by atoms with Gasteiger partial charge in [-0.15, -0.1) is 0 Å². The van der Waals surface area contributed by atoms with Gasteiger partial charge >= 0.3 is 0 Å². The van der Waals surface area contributed by atoms with Crippen molar-refractivity contribution in [3.8, 4) is 17.3 Å². The molecule has 0 fully saturated rings. The second-order valence-electron chi connectivity index (χ2n) is 3.72. The fraction of sp³-hybridized carbons (Fsp3) is 0.154. The summed E-state index contributed by atoms with van der Waals surface area (Å²) in [6.07, 6.45) is 0. The van der Waals surface area contributed by atoms with Crippen LogP contribution in [-0.2, 0) is 0 Å². The molecule has 0 atom stereocenters. The van der Waals surface area contributed by atoms with Crippen molar-refractivity contribution in [3.05, 3.63) is 47.2 Å². The summed E-state index contributed by atoms with van der Waals surface area (Å²) in [5.74, 6) is 0. The molecular formula is C13H12N2. The lowest BCUT2D eigenvalue weighted by atomic mass is 10.1. The van der Waals surface area contributed by atoms with Crippen molar-refractivity contribution in [1.82, 2.24) is 4.98 Å². The van der Waals surface area contributed by atoms with Gasteiger partial charge in [0, 0.05) is 5.69 Å². The van der Waals surface area contributed by atoms with Crippen LogP contribution in [-0.4, -0.2) is 4.98 Å². The third-order valence-corrected chi connectivity index (χ3v) is 2.41. The van der Waals surface area contributed by atoms with Crippen LogP contribution in [0.25, 0.3) is 11.3 Å². The standard InChI is InChI=1S/C13H12N2/c1-9-3-5-11(6-4-9)13-12(8-14)7-10(2)15-13/h3-7,15H,1-2H3. The Hall–Kier alpha value is -2.01. The number of nitrogens with zero attached hydrogens (tertiary/aromatic N) is 1. The largest absolute Gasteiger partial charge is 0.358 e. The monoisotopic (exact) mass is 196 g/mol.